The van der Waals surface area contributed by atoms with Crippen LogP contribution >= 0.6 is 27.3 Å². The number of aromatic hydroxyl groups is 2. The van der Waals surface area contributed by atoms with Gasteiger partial charge in [0.1, 0.15) is 10.6 Å². The summed E-state index contributed by atoms with van der Waals surface area (Å²) in [6.07, 6.45) is 1.64. The smallest absolute Gasteiger partial charge is 0.279 e. The molecule has 0 fully saturated rings. The second-order valence-electron chi connectivity index (χ2n) is 6.02. The second kappa shape index (κ2) is 7.21. The van der Waals surface area contributed by atoms with Crippen LogP contribution in [0, 0.1) is 0 Å². The minimum atomic E-state index is -0.397. The van der Waals surface area contributed by atoms with Crippen molar-refractivity contribution in [3.8, 4) is 11.6 Å². The average molecular weight is 456 g/mol. The van der Waals surface area contributed by atoms with Crippen LogP contribution in [-0.4, -0.2) is 20.7 Å². The highest BCUT2D eigenvalue weighted by molar-refractivity contribution is 9.10. The number of phenolic OH excluding ortho intramolecular Hbond substituents is 1. The molecule has 0 saturated heterocycles. The summed E-state index contributed by atoms with van der Waals surface area (Å²) in [5.41, 5.74) is 0.961. The van der Waals surface area contributed by atoms with Crippen molar-refractivity contribution >= 4 is 44.4 Å². The fourth-order valence-electron chi connectivity index (χ4n) is 2.89. The molecule has 2 aromatic carbocycles. The number of fused-ring (bicyclic) bond motifs is 1. The van der Waals surface area contributed by atoms with Gasteiger partial charge in [0.2, 0.25) is 5.88 Å². The van der Waals surface area contributed by atoms with Crippen LogP contribution in [0.4, 0.5) is 5.69 Å². The van der Waals surface area contributed by atoms with Crippen molar-refractivity contribution in [1.82, 2.24) is 4.57 Å². The number of nitrogens with zero attached hydrogens (tertiary/aromatic N) is 3. The molecule has 0 spiro atoms. The molecule has 140 valence electrons. The highest BCUT2D eigenvalue weighted by Gasteiger charge is 2.25. The molecule has 0 unspecified atom stereocenters. The standard InChI is InChI=1S/C20H14BrN3O3S/c1-2-9-24-19(27)17(28-20(24)22-12-4-6-13(25)7-5-12)16-14-10-11(21)3-8-15(14)23-18(16)26/h2-8,10,25,27H,1,9H2. The number of hydrogen-bond acceptors (Lipinski definition) is 5. The molecule has 0 atom stereocenters. The molecule has 28 heavy (non-hydrogen) atoms. The molecule has 1 aliphatic heterocycles. The van der Waals surface area contributed by atoms with Gasteiger partial charge in [0, 0.05) is 16.2 Å². The van der Waals surface area contributed by atoms with Gasteiger partial charge < -0.3 is 10.2 Å². The van der Waals surface area contributed by atoms with Crippen LogP contribution in [0.25, 0.3) is 5.57 Å². The highest BCUT2D eigenvalue weighted by atomic mass is 79.9. The van der Waals surface area contributed by atoms with E-state index < -0.39 is 5.91 Å². The van der Waals surface area contributed by atoms with Gasteiger partial charge in [-0.1, -0.05) is 33.3 Å². The molecule has 0 saturated carbocycles. The van der Waals surface area contributed by atoms with Crippen LogP contribution in [0.2, 0.25) is 0 Å². The topological polar surface area (TPSA) is 87.2 Å². The fourth-order valence-corrected chi connectivity index (χ4v) is 4.36. The highest BCUT2D eigenvalue weighted by Crippen LogP contribution is 2.29. The summed E-state index contributed by atoms with van der Waals surface area (Å²) >= 11 is 4.61. The van der Waals surface area contributed by atoms with Crippen molar-refractivity contribution in [2.75, 3.05) is 0 Å². The number of phenols is 1. The summed E-state index contributed by atoms with van der Waals surface area (Å²) in [7, 11) is 0. The molecule has 6 nitrogen and oxygen atoms in total. The summed E-state index contributed by atoms with van der Waals surface area (Å²) in [4.78, 5) is 22.1. The lowest BCUT2D eigenvalue weighted by Crippen LogP contribution is -2.22. The van der Waals surface area contributed by atoms with Crippen LogP contribution < -0.4 is 15.4 Å². The van der Waals surface area contributed by atoms with E-state index in [1.807, 2.05) is 12.1 Å². The first-order valence-electron chi connectivity index (χ1n) is 8.28. The van der Waals surface area contributed by atoms with Gasteiger partial charge in [0.05, 0.1) is 16.6 Å². The third-order valence-corrected chi connectivity index (χ3v) is 5.74. The molecule has 4 rings (SSSR count). The first kappa shape index (κ1) is 18.4. The number of hydrogen-bond donors (Lipinski definition) is 2. The van der Waals surface area contributed by atoms with Crippen molar-refractivity contribution in [3.63, 3.8) is 0 Å². The summed E-state index contributed by atoms with van der Waals surface area (Å²) in [5.74, 6) is -0.316. The zero-order valence-corrected chi connectivity index (χ0v) is 16.9. The Labute approximate surface area is 171 Å². The molecule has 3 aromatic rings. The molecule has 0 aliphatic carbocycles. The number of benzene rings is 2. The minimum absolute atomic E-state index is 0.0613. The van der Waals surface area contributed by atoms with E-state index >= 15 is 0 Å². The number of allylic oxidation sites excluding steroid dienone is 1. The third kappa shape index (κ3) is 3.21. The van der Waals surface area contributed by atoms with Crippen molar-refractivity contribution in [2.24, 2.45) is 9.98 Å². The monoisotopic (exact) mass is 455 g/mol. The van der Waals surface area contributed by atoms with E-state index in [2.05, 4.69) is 32.5 Å². The average Bonchev–Trinajstić information content (AvgIpc) is 3.14. The first-order chi connectivity index (χ1) is 13.5. The Balaban J connectivity index is 1.99. The van der Waals surface area contributed by atoms with Gasteiger partial charge in [-0.2, -0.15) is 0 Å². The zero-order valence-electron chi connectivity index (χ0n) is 14.5. The van der Waals surface area contributed by atoms with E-state index in [9.17, 15) is 15.0 Å². The van der Waals surface area contributed by atoms with Gasteiger partial charge in [0.25, 0.3) is 5.91 Å². The van der Waals surface area contributed by atoms with E-state index in [0.717, 1.165) is 4.47 Å². The molecule has 0 bridgehead atoms. The lowest BCUT2D eigenvalue weighted by atomic mass is 10.1. The minimum Gasteiger partial charge on any atom is -0.508 e. The molecule has 8 heteroatoms. The summed E-state index contributed by atoms with van der Waals surface area (Å²) in [6, 6.07) is 11.8. The number of amides is 1. The Morgan fingerprint density at radius 2 is 1.96 bits per heavy atom. The normalized spacial score (nSPS) is 13.5. The van der Waals surface area contributed by atoms with Gasteiger partial charge in [-0.25, -0.2) is 9.98 Å². The summed E-state index contributed by atoms with van der Waals surface area (Å²) in [6.45, 7) is 4.05. The molecule has 1 amide bonds. The van der Waals surface area contributed by atoms with Crippen LogP contribution in [0.15, 0.2) is 69.6 Å². The molecule has 2 N–H and O–H groups in total. The Morgan fingerprint density at radius 3 is 2.68 bits per heavy atom. The van der Waals surface area contributed by atoms with Crippen molar-refractivity contribution in [2.45, 2.75) is 6.54 Å². The maximum Gasteiger partial charge on any atom is 0.279 e. The summed E-state index contributed by atoms with van der Waals surface area (Å²) < 4.78 is 2.40. The molecule has 1 aliphatic rings. The Morgan fingerprint density at radius 1 is 1.21 bits per heavy atom. The lowest BCUT2D eigenvalue weighted by molar-refractivity contribution is -0.112. The van der Waals surface area contributed by atoms with Crippen molar-refractivity contribution in [3.05, 3.63) is 79.8 Å². The predicted octanol–water partition coefficient (Wildman–Crippen LogP) is 2.50. The predicted molar refractivity (Wildman–Crippen MR) is 110 cm³/mol. The number of thiazole rings is 1. The van der Waals surface area contributed by atoms with Gasteiger partial charge in [0.15, 0.2) is 4.80 Å². The van der Waals surface area contributed by atoms with Crippen molar-refractivity contribution in [1.29, 1.82) is 0 Å². The number of carbonyl (C=O) groups excluding carboxylic acids is 1. The van der Waals surface area contributed by atoms with Gasteiger partial charge in [-0.05, 0) is 42.5 Å². The lowest BCUT2D eigenvalue weighted by Gasteiger charge is -2.02. The Kier molecular flexibility index (Phi) is 4.74. The van der Waals surface area contributed by atoms with E-state index in [1.54, 1.807) is 28.8 Å². The maximum atomic E-state index is 12.6. The van der Waals surface area contributed by atoms with Crippen LogP contribution in [0.5, 0.6) is 11.6 Å². The molecule has 0 radical (unpaired) electrons. The van der Waals surface area contributed by atoms with Crippen LogP contribution in [-0.2, 0) is 11.3 Å². The number of halogens is 1. The van der Waals surface area contributed by atoms with Gasteiger partial charge >= 0.3 is 0 Å². The van der Waals surface area contributed by atoms with E-state index in [0.29, 0.717) is 38.1 Å². The van der Waals surface area contributed by atoms with Gasteiger partial charge in [-0.3, -0.25) is 9.36 Å². The number of aromatic nitrogens is 1. The SMILES string of the molecule is C=CCn1c(O)c(C2=c3cc(Br)ccc3=NC2=O)sc1=Nc1ccc(O)cc1. The third-order valence-electron chi connectivity index (χ3n) is 4.16. The number of rotatable bonds is 4. The second-order valence-corrected chi connectivity index (χ2v) is 7.91. The van der Waals surface area contributed by atoms with E-state index in [1.165, 1.54) is 23.5 Å². The summed E-state index contributed by atoms with van der Waals surface area (Å²) in [5, 5.41) is 21.5. The molecule has 1 aromatic heterocycles. The van der Waals surface area contributed by atoms with Crippen molar-refractivity contribution < 1.29 is 15.0 Å². The van der Waals surface area contributed by atoms with E-state index in [-0.39, 0.29) is 11.6 Å². The Hall–Kier alpha value is -2.97. The quantitative estimate of drug-likeness (QED) is 0.592. The van der Waals surface area contributed by atoms with Crippen LogP contribution in [0.3, 0.4) is 0 Å². The van der Waals surface area contributed by atoms with Gasteiger partial charge in [-0.15, -0.1) is 6.58 Å². The first-order valence-corrected chi connectivity index (χ1v) is 9.89. The molecular formula is C20H14BrN3O3S. The van der Waals surface area contributed by atoms with E-state index in [4.69, 9.17) is 0 Å². The maximum absolute atomic E-state index is 12.6. The molecule has 2 heterocycles. The molecular weight excluding hydrogens is 442 g/mol. The zero-order chi connectivity index (χ0) is 19.8. The van der Waals surface area contributed by atoms with Crippen LogP contribution in [0.1, 0.15) is 4.88 Å². The fraction of sp³-hybridized carbons (Fsp3) is 0.0500. The largest absolute Gasteiger partial charge is 0.508 e. The Bertz CT molecular complexity index is 1300. The number of carbonyl (C=O) groups is 1.